The van der Waals surface area contributed by atoms with E-state index >= 15 is 0 Å². The molecule has 1 unspecified atom stereocenters. The first-order chi connectivity index (χ1) is 17.7. The minimum atomic E-state index is -1.76. The third kappa shape index (κ3) is 8.01. The zero-order valence-electron chi connectivity index (χ0n) is 21.8. The Labute approximate surface area is 221 Å². The molecule has 3 amide bonds. The third-order valence-electron chi connectivity index (χ3n) is 6.80. The van der Waals surface area contributed by atoms with Gasteiger partial charge in [0.05, 0.1) is 6.61 Å². The summed E-state index contributed by atoms with van der Waals surface area (Å²) < 4.78 is 15.7. The lowest BCUT2D eigenvalue weighted by Gasteiger charge is -2.44. The van der Waals surface area contributed by atoms with Crippen LogP contribution in [0.15, 0.2) is 30.3 Å². The summed E-state index contributed by atoms with van der Waals surface area (Å²) in [5.41, 5.74) is 9.81. The lowest BCUT2D eigenvalue weighted by atomic mass is 9.70. The number of hydrogen-bond acceptors (Lipinski definition) is 10. The Hall–Kier alpha value is -2.97. The van der Waals surface area contributed by atoms with Crippen LogP contribution in [-0.4, -0.2) is 87.5 Å². The maximum absolute atomic E-state index is 13.0. The summed E-state index contributed by atoms with van der Waals surface area (Å²) in [7, 11) is 0. The predicted octanol–water partition coefficient (Wildman–Crippen LogP) is -0.340. The second-order valence-corrected chi connectivity index (χ2v) is 10.4. The second kappa shape index (κ2) is 13.2. The molecule has 38 heavy (non-hydrogen) atoms. The normalized spacial score (nSPS) is 26.0. The number of ether oxygens (including phenoxy) is 3. The molecule has 1 aromatic rings. The lowest BCUT2D eigenvalue weighted by molar-refractivity contribution is -0.254. The van der Waals surface area contributed by atoms with Gasteiger partial charge in [-0.15, -0.1) is 0 Å². The number of carbonyl (C=O) groups excluding carboxylic acids is 3. The van der Waals surface area contributed by atoms with E-state index in [4.69, 9.17) is 25.7 Å². The van der Waals surface area contributed by atoms with Crippen LogP contribution in [0.4, 0.5) is 9.59 Å². The van der Waals surface area contributed by atoms with Crippen LogP contribution < -0.4 is 16.8 Å². The average molecular weight is 542 g/mol. The topological polar surface area (TPSA) is 224 Å². The van der Waals surface area contributed by atoms with Crippen LogP contribution in [0.5, 0.6) is 0 Å². The average Bonchev–Trinajstić information content (AvgIpc) is 2.82. The quantitative estimate of drug-likeness (QED) is 0.193. The van der Waals surface area contributed by atoms with Gasteiger partial charge in [-0.2, -0.15) is 0 Å². The van der Waals surface area contributed by atoms with E-state index in [1.54, 1.807) is 0 Å². The van der Waals surface area contributed by atoms with Crippen molar-refractivity contribution in [2.75, 3.05) is 6.61 Å². The maximum atomic E-state index is 13.0. The van der Waals surface area contributed by atoms with Gasteiger partial charge in [0.25, 0.3) is 5.91 Å². The number of nitrogens with one attached hydrogen (secondary N) is 1. The van der Waals surface area contributed by atoms with Gasteiger partial charge < -0.3 is 51.4 Å². The lowest BCUT2D eigenvalue weighted by Crippen LogP contribution is -2.65. The van der Waals surface area contributed by atoms with Crippen LogP contribution >= 0.6 is 0 Å². The van der Waals surface area contributed by atoms with Crippen molar-refractivity contribution in [2.45, 2.75) is 88.8 Å². The van der Waals surface area contributed by atoms with Crippen molar-refractivity contribution in [3.05, 3.63) is 35.9 Å². The molecule has 1 fully saturated rings. The van der Waals surface area contributed by atoms with Crippen molar-refractivity contribution in [1.29, 1.82) is 0 Å². The maximum Gasteiger partial charge on any atom is 0.405 e. The van der Waals surface area contributed by atoms with E-state index < -0.39 is 72.5 Å². The molecule has 214 valence electrons. The van der Waals surface area contributed by atoms with Gasteiger partial charge in [0.15, 0.2) is 12.4 Å². The molecule has 1 aliphatic rings. The number of benzene rings is 1. The minimum absolute atomic E-state index is 0.0644. The SMILES string of the molecule is CC(C)(C)C(CCC[C@H](OC(N)=O)C(=O)N[C@@H]1[C@@H](O)[C@H](O)[C@@H](CO)O[C@H]1O)(Cc1ccccc1)OC(N)=O. The summed E-state index contributed by atoms with van der Waals surface area (Å²) in [6, 6.07) is 7.85. The highest BCUT2D eigenvalue weighted by Gasteiger charge is 2.47. The van der Waals surface area contributed by atoms with Gasteiger partial charge in [-0.25, -0.2) is 9.59 Å². The van der Waals surface area contributed by atoms with E-state index in [1.165, 1.54) is 0 Å². The van der Waals surface area contributed by atoms with Crippen LogP contribution in [0.3, 0.4) is 0 Å². The molecule has 13 heteroatoms. The van der Waals surface area contributed by atoms with E-state index in [9.17, 15) is 34.8 Å². The number of hydrogen-bond donors (Lipinski definition) is 7. The predicted molar refractivity (Wildman–Crippen MR) is 133 cm³/mol. The smallest absolute Gasteiger partial charge is 0.405 e. The molecule has 0 aliphatic carbocycles. The molecule has 1 aromatic carbocycles. The van der Waals surface area contributed by atoms with Crippen LogP contribution in [0.2, 0.25) is 0 Å². The molecule has 1 heterocycles. The van der Waals surface area contributed by atoms with Gasteiger partial charge in [-0.05, 0) is 24.8 Å². The van der Waals surface area contributed by atoms with Crippen LogP contribution in [0.1, 0.15) is 45.6 Å². The molecule has 0 saturated carbocycles. The van der Waals surface area contributed by atoms with Crippen molar-refractivity contribution in [1.82, 2.24) is 5.32 Å². The number of primary amides is 2. The van der Waals surface area contributed by atoms with Gasteiger partial charge in [-0.3, -0.25) is 4.79 Å². The fourth-order valence-corrected chi connectivity index (χ4v) is 4.55. The van der Waals surface area contributed by atoms with Gasteiger partial charge in [0, 0.05) is 11.8 Å². The molecule has 0 aromatic heterocycles. The number of aliphatic hydroxyl groups is 4. The highest BCUT2D eigenvalue weighted by Crippen LogP contribution is 2.41. The molecule has 1 aliphatic heterocycles. The zero-order chi connectivity index (χ0) is 28.7. The first-order valence-electron chi connectivity index (χ1n) is 12.3. The minimum Gasteiger partial charge on any atom is -0.442 e. The van der Waals surface area contributed by atoms with E-state index in [1.807, 2.05) is 51.1 Å². The van der Waals surface area contributed by atoms with Crippen LogP contribution in [0, 0.1) is 5.41 Å². The van der Waals surface area contributed by atoms with Crippen molar-refractivity contribution < 1.29 is 49.0 Å². The molecule has 0 radical (unpaired) electrons. The van der Waals surface area contributed by atoms with E-state index in [2.05, 4.69) is 5.32 Å². The number of amides is 3. The molecular formula is C25H39N3O10. The van der Waals surface area contributed by atoms with Crippen LogP contribution in [0.25, 0.3) is 0 Å². The fraction of sp³-hybridized carbons (Fsp3) is 0.640. The molecule has 0 bridgehead atoms. The summed E-state index contributed by atoms with van der Waals surface area (Å²) in [6.45, 7) is 4.99. The number of rotatable bonds is 11. The van der Waals surface area contributed by atoms with Crippen molar-refractivity contribution in [2.24, 2.45) is 16.9 Å². The summed E-state index contributed by atoms with van der Waals surface area (Å²) in [5, 5.41) is 42.1. The Balaban J connectivity index is 2.19. The van der Waals surface area contributed by atoms with Crippen molar-refractivity contribution >= 4 is 18.1 Å². The van der Waals surface area contributed by atoms with Gasteiger partial charge in [0.1, 0.15) is 30.0 Å². The highest BCUT2D eigenvalue weighted by molar-refractivity contribution is 5.83. The molecule has 0 spiro atoms. The number of carbonyl (C=O) groups is 3. The molecule has 7 atom stereocenters. The van der Waals surface area contributed by atoms with Gasteiger partial charge >= 0.3 is 12.2 Å². The Morgan fingerprint density at radius 2 is 1.68 bits per heavy atom. The van der Waals surface area contributed by atoms with E-state index in [0.29, 0.717) is 6.42 Å². The van der Waals surface area contributed by atoms with E-state index in [0.717, 1.165) is 5.56 Å². The largest absolute Gasteiger partial charge is 0.442 e. The zero-order valence-corrected chi connectivity index (χ0v) is 21.8. The fourth-order valence-electron chi connectivity index (χ4n) is 4.55. The summed E-state index contributed by atoms with van der Waals surface area (Å²) >= 11 is 0. The Morgan fingerprint density at radius 1 is 1.05 bits per heavy atom. The second-order valence-electron chi connectivity index (χ2n) is 10.4. The molecule has 1 saturated heterocycles. The Kier molecular flexibility index (Phi) is 10.9. The highest BCUT2D eigenvalue weighted by atomic mass is 16.6. The Bertz CT molecular complexity index is 941. The van der Waals surface area contributed by atoms with Gasteiger partial charge in [0.2, 0.25) is 0 Å². The monoisotopic (exact) mass is 541 g/mol. The third-order valence-corrected chi connectivity index (χ3v) is 6.80. The summed E-state index contributed by atoms with van der Waals surface area (Å²) in [5.74, 6) is -0.912. The number of aliphatic hydroxyl groups excluding tert-OH is 4. The standard InChI is InChI=1S/C25H39N3O10/c1-24(2,3)25(38-23(27)35,12-14-8-5-4-6-9-14)11-7-10-15(37-22(26)34)20(32)28-17-19(31)18(30)16(13-29)36-21(17)33/h4-6,8-9,15-19,21,29-31,33H,7,10-13H2,1-3H3,(H2,26,34)(H2,27,35)(H,28,32)/t15-,16+,17+,18+,19+,21+,25?/m0/s1. The van der Waals surface area contributed by atoms with Gasteiger partial charge in [-0.1, -0.05) is 51.1 Å². The van der Waals surface area contributed by atoms with Crippen molar-refractivity contribution in [3.8, 4) is 0 Å². The number of nitrogens with two attached hydrogens (primary N) is 2. The molecule has 13 nitrogen and oxygen atoms in total. The first-order valence-corrected chi connectivity index (χ1v) is 12.3. The van der Waals surface area contributed by atoms with Crippen LogP contribution in [-0.2, 0) is 25.4 Å². The molecule has 2 rings (SSSR count). The van der Waals surface area contributed by atoms with E-state index in [-0.39, 0.29) is 19.3 Å². The molecular weight excluding hydrogens is 502 g/mol. The van der Waals surface area contributed by atoms with Crippen molar-refractivity contribution in [3.63, 3.8) is 0 Å². The first kappa shape index (κ1) is 31.2. The Morgan fingerprint density at radius 3 is 2.21 bits per heavy atom. The molecule has 9 N–H and O–H groups in total. The summed E-state index contributed by atoms with van der Waals surface area (Å²) in [4.78, 5) is 36.4. The summed E-state index contributed by atoms with van der Waals surface area (Å²) in [6.07, 6.45) is -9.22.